The van der Waals surface area contributed by atoms with E-state index in [1.54, 1.807) is 12.1 Å². The number of nitrogens with one attached hydrogen (secondary N) is 3. The maximum absolute atomic E-state index is 12.9. The number of ether oxygens (including phenoxy) is 1. The minimum Gasteiger partial charge on any atom is -0.378 e. The van der Waals surface area contributed by atoms with Crippen LogP contribution >= 0.6 is 0 Å². The number of urea groups is 1. The van der Waals surface area contributed by atoms with Crippen molar-refractivity contribution in [2.75, 3.05) is 43.1 Å². The van der Waals surface area contributed by atoms with Crippen molar-refractivity contribution in [2.24, 2.45) is 0 Å². The Balaban J connectivity index is 1.46. The number of para-hydroxylation sites is 2. The Bertz CT molecular complexity index is 807. The molecule has 1 heterocycles. The highest BCUT2D eigenvalue weighted by molar-refractivity contribution is 5.97. The van der Waals surface area contributed by atoms with Crippen LogP contribution < -0.4 is 20.9 Å². The lowest BCUT2D eigenvalue weighted by Crippen LogP contribution is -2.40. The second-order valence-corrected chi connectivity index (χ2v) is 6.33. The number of anilines is 2. The highest BCUT2D eigenvalue weighted by atomic mass is 19.1. The molecule has 3 rings (SSSR count). The number of nitrogens with zero attached hydrogens (tertiary/aromatic N) is 1. The molecular formula is C20H23FN4O3. The van der Waals surface area contributed by atoms with Crippen molar-refractivity contribution in [3.05, 3.63) is 59.9 Å². The lowest BCUT2D eigenvalue weighted by atomic mass is 10.2. The van der Waals surface area contributed by atoms with Crippen LogP contribution in [-0.4, -0.2) is 44.8 Å². The molecule has 3 N–H and O–H groups in total. The molecule has 0 aliphatic carbocycles. The number of benzene rings is 2. The fraction of sp³-hybridized carbons (Fsp3) is 0.300. The largest absolute Gasteiger partial charge is 0.378 e. The van der Waals surface area contributed by atoms with E-state index in [1.807, 2.05) is 24.3 Å². The molecule has 0 spiro atoms. The summed E-state index contributed by atoms with van der Waals surface area (Å²) in [5, 5.41) is 7.98. The molecule has 0 bridgehead atoms. The van der Waals surface area contributed by atoms with Gasteiger partial charge in [0.1, 0.15) is 5.82 Å². The van der Waals surface area contributed by atoms with Crippen molar-refractivity contribution >= 4 is 23.3 Å². The Morgan fingerprint density at radius 1 is 1.00 bits per heavy atom. The van der Waals surface area contributed by atoms with E-state index in [0.29, 0.717) is 18.9 Å². The van der Waals surface area contributed by atoms with Gasteiger partial charge in [-0.1, -0.05) is 24.3 Å². The van der Waals surface area contributed by atoms with Gasteiger partial charge >= 0.3 is 6.03 Å². The average Bonchev–Trinajstić information content (AvgIpc) is 2.73. The molecule has 0 saturated carbocycles. The number of hydrogen-bond acceptors (Lipinski definition) is 4. The Labute approximate surface area is 162 Å². The summed E-state index contributed by atoms with van der Waals surface area (Å²) >= 11 is 0. The maximum atomic E-state index is 12.9. The molecule has 0 radical (unpaired) electrons. The highest BCUT2D eigenvalue weighted by Crippen LogP contribution is 2.26. The van der Waals surface area contributed by atoms with Gasteiger partial charge in [-0.15, -0.1) is 0 Å². The van der Waals surface area contributed by atoms with Gasteiger partial charge in [0, 0.05) is 19.6 Å². The third-order valence-electron chi connectivity index (χ3n) is 4.31. The number of carbonyl (C=O) groups excluding carboxylic acids is 2. The normalized spacial score (nSPS) is 13.7. The van der Waals surface area contributed by atoms with Gasteiger partial charge in [0.25, 0.3) is 0 Å². The monoisotopic (exact) mass is 386 g/mol. The zero-order valence-electron chi connectivity index (χ0n) is 15.4. The topological polar surface area (TPSA) is 82.7 Å². The number of halogens is 1. The third kappa shape index (κ3) is 5.68. The van der Waals surface area contributed by atoms with Crippen LogP contribution in [0.2, 0.25) is 0 Å². The van der Waals surface area contributed by atoms with E-state index in [2.05, 4.69) is 20.9 Å². The Kier molecular flexibility index (Phi) is 6.80. The molecule has 1 aliphatic rings. The Hall–Kier alpha value is -3.13. The first-order valence-corrected chi connectivity index (χ1v) is 9.09. The van der Waals surface area contributed by atoms with Crippen LogP contribution in [-0.2, 0) is 16.1 Å². The number of rotatable bonds is 6. The molecule has 1 saturated heterocycles. The predicted octanol–water partition coefficient (Wildman–Crippen LogP) is 2.10. The number of carbonyl (C=O) groups is 2. The summed E-state index contributed by atoms with van der Waals surface area (Å²) in [6.45, 7) is 2.91. The smallest absolute Gasteiger partial charge is 0.315 e. The van der Waals surface area contributed by atoms with Crippen LogP contribution in [0.4, 0.5) is 20.6 Å². The van der Waals surface area contributed by atoms with Crippen LogP contribution in [0.5, 0.6) is 0 Å². The average molecular weight is 386 g/mol. The molecular weight excluding hydrogens is 363 g/mol. The van der Waals surface area contributed by atoms with Gasteiger partial charge in [-0.05, 0) is 29.8 Å². The quantitative estimate of drug-likeness (QED) is 0.710. The summed E-state index contributed by atoms with van der Waals surface area (Å²) in [5.41, 5.74) is 2.39. The van der Waals surface area contributed by atoms with Crippen LogP contribution in [0.3, 0.4) is 0 Å². The van der Waals surface area contributed by atoms with Crippen molar-refractivity contribution in [2.45, 2.75) is 6.54 Å². The minimum absolute atomic E-state index is 0.160. The SMILES string of the molecule is O=C(CNC(=O)NCc1ccc(F)cc1)Nc1ccccc1N1CCOCC1. The summed E-state index contributed by atoms with van der Waals surface area (Å²) < 4.78 is 18.2. The van der Waals surface area contributed by atoms with Crippen molar-refractivity contribution in [1.29, 1.82) is 0 Å². The van der Waals surface area contributed by atoms with Gasteiger partial charge in [0.05, 0.1) is 31.1 Å². The summed E-state index contributed by atoms with van der Waals surface area (Å²) in [6, 6.07) is 12.9. The zero-order chi connectivity index (χ0) is 19.8. The van der Waals surface area contributed by atoms with Gasteiger partial charge in [0.2, 0.25) is 5.91 Å². The highest BCUT2D eigenvalue weighted by Gasteiger charge is 2.16. The minimum atomic E-state index is -0.471. The standard InChI is InChI=1S/C20H23FN4O3/c21-16-7-5-15(6-8-16)13-22-20(27)23-14-19(26)24-17-3-1-2-4-18(17)25-9-11-28-12-10-25/h1-8H,9-14H2,(H,24,26)(H2,22,23,27). The van der Waals surface area contributed by atoms with E-state index in [-0.39, 0.29) is 24.8 Å². The van der Waals surface area contributed by atoms with Crippen LogP contribution in [0, 0.1) is 5.82 Å². The fourth-order valence-corrected chi connectivity index (χ4v) is 2.86. The molecule has 28 heavy (non-hydrogen) atoms. The van der Waals surface area contributed by atoms with Crippen molar-refractivity contribution in [3.8, 4) is 0 Å². The predicted molar refractivity (Wildman–Crippen MR) is 105 cm³/mol. The third-order valence-corrected chi connectivity index (χ3v) is 4.31. The van der Waals surface area contributed by atoms with Gasteiger partial charge in [0.15, 0.2) is 0 Å². The van der Waals surface area contributed by atoms with Crippen molar-refractivity contribution in [3.63, 3.8) is 0 Å². The van der Waals surface area contributed by atoms with E-state index in [0.717, 1.165) is 24.3 Å². The van der Waals surface area contributed by atoms with Crippen molar-refractivity contribution < 1.29 is 18.7 Å². The molecule has 0 unspecified atom stereocenters. The van der Waals surface area contributed by atoms with Gasteiger partial charge < -0.3 is 25.6 Å². The summed E-state index contributed by atoms with van der Waals surface area (Å²) in [7, 11) is 0. The van der Waals surface area contributed by atoms with E-state index in [9.17, 15) is 14.0 Å². The summed E-state index contributed by atoms with van der Waals surface area (Å²) in [6.07, 6.45) is 0. The lowest BCUT2D eigenvalue weighted by Gasteiger charge is -2.30. The fourth-order valence-electron chi connectivity index (χ4n) is 2.86. The van der Waals surface area contributed by atoms with Gasteiger partial charge in [-0.2, -0.15) is 0 Å². The van der Waals surface area contributed by atoms with Crippen LogP contribution in [0.1, 0.15) is 5.56 Å². The maximum Gasteiger partial charge on any atom is 0.315 e. The van der Waals surface area contributed by atoms with Crippen LogP contribution in [0.15, 0.2) is 48.5 Å². The molecule has 1 fully saturated rings. The van der Waals surface area contributed by atoms with Crippen LogP contribution in [0.25, 0.3) is 0 Å². The van der Waals surface area contributed by atoms with Gasteiger partial charge in [-0.3, -0.25) is 4.79 Å². The molecule has 0 atom stereocenters. The number of hydrogen-bond donors (Lipinski definition) is 3. The molecule has 8 heteroatoms. The number of morpholine rings is 1. The first kappa shape index (κ1) is 19.6. The second-order valence-electron chi connectivity index (χ2n) is 6.33. The van der Waals surface area contributed by atoms with E-state index < -0.39 is 6.03 Å². The summed E-state index contributed by atoms with van der Waals surface area (Å²) in [4.78, 5) is 26.2. The van der Waals surface area contributed by atoms with Crippen molar-refractivity contribution in [1.82, 2.24) is 10.6 Å². The molecule has 0 aromatic heterocycles. The van der Waals surface area contributed by atoms with E-state index in [1.165, 1.54) is 12.1 Å². The lowest BCUT2D eigenvalue weighted by molar-refractivity contribution is -0.115. The Morgan fingerprint density at radius 3 is 2.46 bits per heavy atom. The molecule has 2 aromatic carbocycles. The summed E-state index contributed by atoms with van der Waals surface area (Å²) in [5.74, 6) is -0.653. The first-order chi connectivity index (χ1) is 13.6. The second kappa shape index (κ2) is 9.70. The molecule has 3 amide bonds. The molecule has 148 valence electrons. The molecule has 7 nitrogen and oxygen atoms in total. The molecule has 2 aromatic rings. The number of amides is 3. The van der Waals surface area contributed by atoms with E-state index >= 15 is 0 Å². The van der Waals surface area contributed by atoms with E-state index in [4.69, 9.17) is 4.74 Å². The first-order valence-electron chi connectivity index (χ1n) is 9.09. The zero-order valence-corrected chi connectivity index (χ0v) is 15.4. The Morgan fingerprint density at radius 2 is 1.71 bits per heavy atom. The van der Waals surface area contributed by atoms with Gasteiger partial charge in [-0.25, -0.2) is 9.18 Å². The molecule has 1 aliphatic heterocycles.